The Morgan fingerprint density at radius 3 is 2.32 bits per heavy atom. The first-order valence-corrected chi connectivity index (χ1v) is 8.28. The molecule has 2 heteroatoms. The third-order valence-corrected chi connectivity index (χ3v) is 5.12. The number of hydrogen-bond acceptors (Lipinski definition) is 2. The highest BCUT2D eigenvalue weighted by Crippen LogP contribution is 2.38. The molecule has 0 bridgehead atoms. The molecule has 108 valence electrons. The van der Waals surface area contributed by atoms with E-state index in [1.807, 2.05) is 11.3 Å². The molecule has 22 heavy (non-hydrogen) atoms. The first-order chi connectivity index (χ1) is 10.7. The molecule has 1 N–H and O–H groups in total. The summed E-state index contributed by atoms with van der Waals surface area (Å²) in [5.41, 5.74) is 4.91. The Morgan fingerprint density at radius 1 is 0.773 bits per heavy atom. The zero-order valence-corrected chi connectivity index (χ0v) is 13.5. The van der Waals surface area contributed by atoms with Gasteiger partial charge in [0, 0.05) is 21.2 Å². The van der Waals surface area contributed by atoms with Crippen LogP contribution in [0.1, 0.15) is 11.1 Å². The Balaban J connectivity index is 1.88. The lowest BCUT2D eigenvalue weighted by Crippen LogP contribution is -1.91. The van der Waals surface area contributed by atoms with Crippen molar-refractivity contribution in [2.24, 2.45) is 0 Å². The second-order valence-corrected chi connectivity index (χ2v) is 6.83. The first-order valence-electron chi connectivity index (χ1n) is 7.46. The van der Waals surface area contributed by atoms with Crippen molar-refractivity contribution < 1.29 is 0 Å². The summed E-state index contributed by atoms with van der Waals surface area (Å²) in [6.07, 6.45) is 0. The van der Waals surface area contributed by atoms with Crippen molar-refractivity contribution in [2.75, 3.05) is 5.32 Å². The van der Waals surface area contributed by atoms with Crippen molar-refractivity contribution >= 4 is 42.9 Å². The van der Waals surface area contributed by atoms with Crippen LogP contribution in [0.4, 0.5) is 11.4 Å². The summed E-state index contributed by atoms with van der Waals surface area (Å²) in [7, 11) is 0. The average Bonchev–Trinajstić information content (AvgIpc) is 2.86. The van der Waals surface area contributed by atoms with E-state index in [2.05, 4.69) is 79.8 Å². The first kappa shape index (κ1) is 13.4. The molecule has 0 aliphatic heterocycles. The summed E-state index contributed by atoms with van der Waals surface area (Å²) >= 11 is 1.85. The lowest BCUT2D eigenvalue weighted by molar-refractivity contribution is 1.38. The summed E-state index contributed by atoms with van der Waals surface area (Å²) in [5.74, 6) is 0. The molecule has 0 aliphatic carbocycles. The molecule has 0 amide bonds. The molecule has 3 aromatic carbocycles. The van der Waals surface area contributed by atoms with E-state index >= 15 is 0 Å². The fraction of sp³-hybridized carbons (Fsp3) is 0.100. The van der Waals surface area contributed by atoms with E-state index in [1.54, 1.807) is 0 Å². The predicted octanol–water partition coefficient (Wildman–Crippen LogP) is 6.41. The molecule has 0 atom stereocenters. The quantitative estimate of drug-likeness (QED) is 0.451. The summed E-state index contributed by atoms with van der Waals surface area (Å²) < 4.78 is 2.66. The second-order valence-electron chi connectivity index (χ2n) is 5.78. The van der Waals surface area contributed by atoms with Crippen LogP contribution in [-0.4, -0.2) is 0 Å². The monoisotopic (exact) mass is 303 g/mol. The molecule has 0 spiro atoms. The number of thiophene rings is 1. The van der Waals surface area contributed by atoms with E-state index in [0.717, 1.165) is 5.69 Å². The van der Waals surface area contributed by atoms with Crippen molar-refractivity contribution in [3.05, 3.63) is 71.8 Å². The van der Waals surface area contributed by atoms with Gasteiger partial charge in [-0.2, -0.15) is 0 Å². The molecular formula is C20H17NS. The highest BCUT2D eigenvalue weighted by molar-refractivity contribution is 7.26. The molecule has 0 saturated heterocycles. The maximum atomic E-state index is 3.60. The molecule has 0 saturated carbocycles. The molecule has 1 aromatic heterocycles. The lowest BCUT2D eigenvalue weighted by atomic mass is 10.1. The van der Waals surface area contributed by atoms with E-state index < -0.39 is 0 Å². The number of fused-ring (bicyclic) bond motifs is 3. The maximum absolute atomic E-state index is 3.60. The zero-order chi connectivity index (χ0) is 15.1. The minimum atomic E-state index is 1.16. The Kier molecular flexibility index (Phi) is 3.12. The fourth-order valence-corrected chi connectivity index (χ4v) is 4.22. The van der Waals surface area contributed by atoms with E-state index in [-0.39, 0.29) is 0 Å². The number of hydrogen-bond donors (Lipinski definition) is 1. The van der Waals surface area contributed by atoms with Gasteiger partial charge in [0.2, 0.25) is 0 Å². The van der Waals surface area contributed by atoms with Crippen molar-refractivity contribution in [1.29, 1.82) is 0 Å². The minimum Gasteiger partial charge on any atom is -0.354 e. The summed E-state index contributed by atoms with van der Waals surface area (Å²) in [4.78, 5) is 0. The minimum absolute atomic E-state index is 1.16. The van der Waals surface area contributed by atoms with Crippen LogP contribution in [0.5, 0.6) is 0 Å². The average molecular weight is 303 g/mol. The lowest BCUT2D eigenvalue weighted by Gasteiger charge is -2.09. The van der Waals surface area contributed by atoms with Crippen molar-refractivity contribution in [2.45, 2.75) is 13.8 Å². The van der Waals surface area contributed by atoms with Crippen molar-refractivity contribution in [3.63, 3.8) is 0 Å². The number of nitrogens with one attached hydrogen (secondary N) is 1. The van der Waals surface area contributed by atoms with Crippen LogP contribution in [0.2, 0.25) is 0 Å². The number of rotatable bonds is 2. The molecule has 4 rings (SSSR count). The van der Waals surface area contributed by atoms with E-state index in [9.17, 15) is 0 Å². The zero-order valence-electron chi connectivity index (χ0n) is 12.7. The standard InChI is InChI=1S/C20H17NS/c1-13-10-14(2)12-15(11-13)21-18-8-5-7-17-16-6-3-4-9-19(16)22-20(17)18/h3-12,21H,1-2H3. The predicted molar refractivity (Wildman–Crippen MR) is 98.5 cm³/mol. The van der Waals surface area contributed by atoms with Gasteiger partial charge in [0.1, 0.15) is 0 Å². The van der Waals surface area contributed by atoms with Gasteiger partial charge in [-0.15, -0.1) is 11.3 Å². The maximum Gasteiger partial charge on any atom is 0.0590 e. The van der Waals surface area contributed by atoms with E-state index in [0.29, 0.717) is 0 Å². The summed E-state index contributed by atoms with van der Waals surface area (Å²) in [5, 5.41) is 6.27. The second kappa shape index (κ2) is 5.15. The molecule has 0 aliphatic rings. The van der Waals surface area contributed by atoms with Crippen molar-refractivity contribution in [1.82, 2.24) is 0 Å². The van der Waals surface area contributed by atoms with Crippen molar-refractivity contribution in [3.8, 4) is 0 Å². The van der Waals surface area contributed by atoms with E-state index in [4.69, 9.17) is 0 Å². The number of benzene rings is 3. The Bertz CT molecular complexity index is 961. The molecule has 0 unspecified atom stereocenters. The summed E-state index contributed by atoms with van der Waals surface area (Å²) in [6.45, 7) is 4.27. The van der Waals surface area contributed by atoms with Gasteiger partial charge in [-0.25, -0.2) is 0 Å². The van der Waals surface area contributed by atoms with E-state index in [1.165, 1.54) is 37.0 Å². The Labute approximate surface area is 134 Å². The van der Waals surface area contributed by atoms with Crippen LogP contribution in [0.15, 0.2) is 60.7 Å². The van der Waals surface area contributed by atoms with Gasteiger partial charge in [0.15, 0.2) is 0 Å². The Morgan fingerprint density at radius 2 is 1.50 bits per heavy atom. The topological polar surface area (TPSA) is 12.0 Å². The van der Waals surface area contributed by atoms with Crippen LogP contribution in [-0.2, 0) is 0 Å². The van der Waals surface area contributed by atoms with Crippen LogP contribution in [0.25, 0.3) is 20.2 Å². The van der Waals surface area contributed by atoms with Gasteiger partial charge in [-0.05, 0) is 49.2 Å². The highest BCUT2D eigenvalue weighted by atomic mass is 32.1. The largest absolute Gasteiger partial charge is 0.354 e. The molecule has 1 heterocycles. The third-order valence-electron chi connectivity index (χ3n) is 3.90. The van der Waals surface area contributed by atoms with Gasteiger partial charge in [-0.1, -0.05) is 36.4 Å². The SMILES string of the molecule is Cc1cc(C)cc(Nc2cccc3c2sc2ccccc23)c1. The van der Waals surface area contributed by atoms with Crippen LogP contribution in [0, 0.1) is 13.8 Å². The van der Waals surface area contributed by atoms with Gasteiger partial charge in [-0.3, -0.25) is 0 Å². The normalized spacial score (nSPS) is 11.2. The Hall–Kier alpha value is -2.32. The van der Waals surface area contributed by atoms with Gasteiger partial charge < -0.3 is 5.32 Å². The third kappa shape index (κ3) is 2.26. The molecule has 1 nitrogen and oxygen atoms in total. The molecular weight excluding hydrogens is 286 g/mol. The molecule has 0 radical (unpaired) electrons. The number of anilines is 2. The molecule has 0 fully saturated rings. The van der Waals surface area contributed by atoms with Gasteiger partial charge >= 0.3 is 0 Å². The van der Waals surface area contributed by atoms with Gasteiger partial charge in [0.25, 0.3) is 0 Å². The summed E-state index contributed by atoms with van der Waals surface area (Å²) in [6, 6.07) is 21.7. The van der Waals surface area contributed by atoms with Crippen LogP contribution < -0.4 is 5.32 Å². The highest BCUT2D eigenvalue weighted by Gasteiger charge is 2.08. The fourth-order valence-electron chi connectivity index (χ4n) is 3.05. The van der Waals surface area contributed by atoms with Crippen LogP contribution in [0.3, 0.4) is 0 Å². The molecule has 4 aromatic rings. The van der Waals surface area contributed by atoms with Crippen LogP contribution >= 0.6 is 11.3 Å². The number of aryl methyl sites for hydroxylation is 2. The smallest absolute Gasteiger partial charge is 0.0590 e. The van der Waals surface area contributed by atoms with Gasteiger partial charge in [0.05, 0.1) is 10.4 Å².